The molecule has 1 unspecified atom stereocenters. The van der Waals surface area contributed by atoms with Crippen LogP contribution in [0.25, 0.3) is 0 Å². The summed E-state index contributed by atoms with van der Waals surface area (Å²) in [4.78, 5) is 7.38. The van der Waals surface area contributed by atoms with E-state index in [0.717, 1.165) is 30.2 Å². The van der Waals surface area contributed by atoms with Crippen molar-refractivity contribution in [3.63, 3.8) is 0 Å². The molecule has 4 nitrogen and oxygen atoms in total. The Labute approximate surface area is 120 Å². The predicted molar refractivity (Wildman–Crippen MR) is 83.6 cm³/mol. The molecule has 0 aromatic carbocycles. The molecule has 0 radical (unpaired) electrons. The Morgan fingerprint density at radius 1 is 1.58 bits per heavy atom. The highest BCUT2D eigenvalue weighted by atomic mass is 32.1. The third-order valence-electron chi connectivity index (χ3n) is 3.63. The second-order valence-electron chi connectivity index (χ2n) is 5.18. The van der Waals surface area contributed by atoms with Crippen LogP contribution in [-0.2, 0) is 0 Å². The van der Waals surface area contributed by atoms with Gasteiger partial charge in [-0.25, -0.2) is 4.98 Å². The molecule has 0 bridgehead atoms. The summed E-state index contributed by atoms with van der Waals surface area (Å²) in [5.41, 5.74) is 7.50. The molecule has 1 aliphatic heterocycles. The minimum atomic E-state index is 0.423. The Morgan fingerprint density at radius 2 is 2.37 bits per heavy atom. The van der Waals surface area contributed by atoms with Gasteiger partial charge < -0.3 is 16.0 Å². The maximum atomic E-state index is 5.68. The maximum absolute atomic E-state index is 5.68. The zero-order valence-electron chi connectivity index (χ0n) is 11.6. The molecule has 2 rings (SSSR count). The Kier molecular flexibility index (Phi) is 4.71. The van der Waals surface area contributed by atoms with Gasteiger partial charge in [0.25, 0.3) is 0 Å². The minimum Gasteiger partial charge on any atom is -0.389 e. The van der Waals surface area contributed by atoms with Gasteiger partial charge in [-0.1, -0.05) is 19.1 Å². The molecule has 1 saturated heterocycles. The van der Waals surface area contributed by atoms with Crippen molar-refractivity contribution in [1.82, 2.24) is 9.88 Å². The number of aryl methyl sites for hydroxylation is 1. The van der Waals surface area contributed by atoms with E-state index < -0.39 is 0 Å². The molecule has 1 aromatic heterocycles. The Morgan fingerprint density at radius 3 is 3.00 bits per heavy atom. The smallest absolute Gasteiger partial charge is 0.126 e. The van der Waals surface area contributed by atoms with Crippen molar-refractivity contribution >= 4 is 23.0 Å². The topological polar surface area (TPSA) is 54.2 Å². The number of hydrogen-bond donors (Lipinski definition) is 2. The van der Waals surface area contributed by atoms with Crippen LogP contribution in [0.15, 0.2) is 12.1 Å². The van der Waals surface area contributed by atoms with E-state index in [2.05, 4.69) is 22.1 Å². The van der Waals surface area contributed by atoms with Crippen LogP contribution in [0.4, 0.5) is 5.82 Å². The molecule has 19 heavy (non-hydrogen) atoms. The fraction of sp³-hybridized carbons (Fsp3) is 0.571. The van der Waals surface area contributed by atoms with Crippen LogP contribution >= 0.6 is 12.2 Å². The number of hydrogen-bond acceptors (Lipinski definition) is 4. The van der Waals surface area contributed by atoms with Crippen LogP contribution in [-0.4, -0.2) is 41.1 Å². The highest BCUT2D eigenvalue weighted by Crippen LogP contribution is 2.17. The normalized spacial score (nSPS) is 19.6. The van der Waals surface area contributed by atoms with Gasteiger partial charge >= 0.3 is 0 Å². The maximum Gasteiger partial charge on any atom is 0.126 e. The summed E-state index contributed by atoms with van der Waals surface area (Å²) in [6.45, 7) is 8.67. The van der Waals surface area contributed by atoms with Gasteiger partial charge in [0.15, 0.2) is 0 Å². The van der Waals surface area contributed by atoms with Crippen LogP contribution in [0.3, 0.4) is 0 Å². The highest BCUT2D eigenvalue weighted by Gasteiger charge is 2.20. The van der Waals surface area contributed by atoms with Crippen molar-refractivity contribution < 1.29 is 0 Å². The lowest BCUT2D eigenvalue weighted by atomic mass is 10.1. The first kappa shape index (κ1) is 14.2. The first-order chi connectivity index (χ1) is 9.08. The second-order valence-corrected chi connectivity index (χ2v) is 5.62. The Hall–Kier alpha value is -1.20. The van der Waals surface area contributed by atoms with Crippen LogP contribution < -0.4 is 11.1 Å². The highest BCUT2D eigenvalue weighted by molar-refractivity contribution is 7.80. The van der Waals surface area contributed by atoms with Crippen LogP contribution in [0.1, 0.15) is 24.6 Å². The molecule has 1 aliphatic rings. The van der Waals surface area contributed by atoms with E-state index >= 15 is 0 Å². The van der Waals surface area contributed by atoms with Crippen molar-refractivity contribution in [2.24, 2.45) is 11.7 Å². The number of nitrogens with one attached hydrogen (secondary N) is 1. The summed E-state index contributed by atoms with van der Waals surface area (Å²) in [6, 6.07) is 3.85. The van der Waals surface area contributed by atoms with E-state index in [9.17, 15) is 0 Å². The zero-order chi connectivity index (χ0) is 13.8. The lowest BCUT2D eigenvalue weighted by molar-refractivity contribution is 0.345. The molecule has 3 N–H and O–H groups in total. The van der Waals surface area contributed by atoms with Crippen molar-refractivity contribution in [1.29, 1.82) is 0 Å². The van der Waals surface area contributed by atoms with Gasteiger partial charge in [-0.05, 0) is 44.5 Å². The number of anilines is 1. The number of aromatic nitrogens is 1. The lowest BCUT2D eigenvalue weighted by Crippen LogP contribution is -2.22. The first-order valence-electron chi connectivity index (χ1n) is 6.83. The Bertz CT molecular complexity index is 461. The van der Waals surface area contributed by atoms with Crippen LogP contribution in [0.2, 0.25) is 0 Å². The largest absolute Gasteiger partial charge is 0.389 e. The molecule has 0 aliphatic carbocycles. The molecule has 2 heterocycles. The molecule has 1 aromatic rings. The van der Waals surface area contributed by atoms with Crippen molar-refractivity contribution in [2.75, 3.05) is 31.5 Å². The summed E-state index contributed by atoms with van der Waals surface area (Å²) in [5.74, 6) is 1.58. The summed E-state index contributed by atoms with van der Waals surface area (Å²) >= 11 is 5.02. The molecule has 0 spiro atoms. The third-order valence-corrected chi connectivity index (χ3v) is 3.86. The predicted octanol–water partition coefficient (Wildman–Crippen LogP) is 1.78. The van der Waals surface area contributed by atoms with E-state index in [1.54, 1.807) is 0 Å². The molecule has 1 fully saturated rings. The monoisotopic (exact) mass is 278 g/mol. The molecular formula is C14H22N4S. The number of thiocarbonyl (C=S) groups is 1. The van der Waals surface area contributed by atoms with E-state index in [1.165, 1.54) is 19.5 Å². The quantitative estimate of drug-likeness (QED) is 0.804. The molecule has 0 saturated carbocycles. The summed E-state index contributed by atoms with van der Waals surface area (Å²) in [5, 5.41) is 3.41. The summed E-state index contributed by atoms with van der Waals surface area (Å²) in [6.07, 6.45) is 1.26. The number of nitrogens with zero attached hydrogens (tertiary/aromatic N) is 2. The van der Waals surface area contributed by atoms with Gasteiger partial charge in [-0.3, -0.25) is 0 Å². The first-order valence-corrected chi connectivity index (χ1v) is 7.24. The molecule has 104 valence electrons. The number of nitrogens with two attached hydrogens (primary N) is 1. The SMILES string of the molecule is CCN1CCC(CNc2cc(C(N)=S)cc(C)n2)C1. The van der Waals surface area contributed by atoms with Gasteiger partial charge in [0.05, 0.1) is 0 Å². The van der Waals surface area contributed by atoms with Gasteiger partial charge in [-0.15, -0.1) is 0 Å². The van der Waals surface area contributed by atoms with Crippen LogP contribution in [0.5, 0.6) is 0 Å². The number of likely N-dealkylation sites (tertiary alicyclic amines) is 1. The summed E-state index contributed by atoms with van der Waals surface area (Å²) in [7, 11) is 0. The van der Waals surface area contributed by atoms with Gasteiger partial charge in [0, 0.05) is 24.3 Å². The average molecular weight is 278 g/mol. The fourth-order valence-corrected chi connectivity index (χ4v) is 2.63. The van der Waals surface area contributed by atoms with Crippen molar-refractivity contribution in [2.45, 2.75) is 20.3 Å². The van der Waals surface area contributed by atoms with Crippen LogP contribution in [0, 0.1) is 12.8 Å². The van der Waals surface area contributed by atoms with Gasteiger partial charge in [0.2, 0.25) is 0 Å². The standard InChI is InChI=1S/C14H22N4S/c1-3-18-5-4-11(9-18)8-16-13-7-12(14(15)19)6-10(2)17-13/h6-7,11H,3-5,8-9H2,1-2H3,(H2,15,19)(H,16,17). The Balaban J connectivity index is 1.94. The van der Waals surface area contributed by atoms with E-state index in [1.807, 2.05) is 19.1 Å². The second kappa shape index (κ2) is 6.30. The molecule has 1 atom stereocenters. The lowest BCUT2D eigenvalue weighted by Gasteiger charge is -2.14. The number of rotatable bonds is 5. The molecular weight excluding hydrogens is 256 g/mol. The third kappa shape index (κ3) is 3.88. The van der Waals surface area contributed by atoms with E-state index in [0.29, 0.717) is 10.9 Å². The molecule has 5 heteroatoms. The summed E-state index contributed by atoms with van der Waals surface area (Å²) < 4.78 is 0. The number of pyridine rings is 1. The van der Waals surface area contributed by atoms with E-state index in [4.69, 9.17) is 18.0 Å². The fourth-order valence-electron chi connectivity index (χ4n) is 2.52. The average Bonchev–Trinajstić information content (AvgIpc) is 2.83. The molecule has 0 amide bonds. The van der Waals surface area contributed by atoms with Crippen molar-refractivity contribution in [3.05, 3.63) is 23.4 Å². The van der Waals surface area contributed by atoms with E-state index in [-0.39, 0.29) is 0 Å². The van der Waals surface area contributed by atoms with Gasteiger partial charge in [-0.2, -0.15) is 0 Å². The minimum absolute atomic E-state index is 0.423. The zero-order valence-corrected chi connectivity index (χ0v) is 12.5. The van der Waals surface area contributed by atoms with Crippen molar-refractivity contribution in [3.8, 4) is 0 Å². The van der Waals surface area contributed by atoms with Gasteiger partial charge in [0.1, 0.15) is 10.8 Å².